The Hall–Kier alpha value is -0.850. The second-order valence-corrected chi connectivity index (χ2v) is 5.59. The van der Waals surface area contributed by atoms with E-state index in [1.807, 2.05) is 11.8 Å². The minimum atomic E-state index is -0.265. The van der Waals surface area contributed by atoms with E-state index in [0.29, 0.717) is 26.2 Å². The van der Waals surface area contributed by atoms with E-state index >= 15 is 0 Å². The fourth-order valence-electron chi connectivity index (χ4n) is 2.75. The molecule has 2 amide bonds. The van der Waals surface area contributed by atoms with Crippen molar-refractivity contribution in [2.24, 2.45) is 5.41 Å². The van der Waals surface area contributed by atoms with Gasteiger partial charge in [-0.3, -0.25) is 9.59 Å². The summed E-state index contributed by atoms with van der Waals surface area (Å²) in [5.41, 5.74) is -0.265. The third-order valence-corrected chi connectivity index (χ3v) is 4.07. The summed E-state index contributed by atoms with van der Waals surface area (Å²) >= 11 is 0. The molecule has 0 radical (unpaired) electrons. The summed E-state index contributed by atoms with van der Waals surface area (Å²) in [7, 11) is 1.52. The second-order valence-electron chi connectivity index (χ2n) is 5.59. The van der Waals surface area contributed by atoms with E-state index in [0.717, 1.165) is 19.5 Å². The molecule has 2 fully saturated rings. The number of methoxy groups -OCH3 is 1. The van der Waals surface area contributed by atoms with E-state index < -0.39 is 0 Å². The van der Waals surface area contributed by atoms with Gasteiger partial charge in [-0.15, -0.1) is 12.4 Å². The van der Waals surface area contributed by atoms with Crippen LogP contribution in [0.15, 0.2) is 0 Å². The second kappa shape index (κ2) is 7.24. The van der Waals surface area contributed by atoms with Gasteiger partial charge >= 0.3 is 0 Å². The van der Waals surface area contributed by atoms with Gasteiger partial charge in [-0.2, -0.15) is 0 Å². The maximum Gasteiger partial charge on any atom is 0.248 e. The van der Waals surface area contributed by atoms with Crippen molar-refractivity contribution in [3.8, 4) is 0 Å². The van der Waals surface area contributed by atoms with Crippen molar-refractivity contribution < 1.29 is 14.3 Å². The Bertz CT molecular complexity index is 351. The molecule has 6 nitrogen and oxygen atoms in total. The molecule has 0 aliphatic carbocycles. The molecule has 2 rings (SSSR count). The number of hydrogen-bond donors (Lipinski definition) is 1. The first kappa shape index (κ1) is 17.2. The number of amides is 2. The Morgan fingerprint density at radius 3 is 2.30 bits per heavy atom. The summed E-state index contributed by atoms with van der Waals surface area (Å²) in [6, 6.07) is 0. The number of carbonyl (C=O) groups is 2. The zero-order valence-electron chi connectivity index (χ0n) is 12.2. The molecule has 1 unspecified atom stereocenters. The molecule has 0 spiro atoms. The molecule has 2 aliphatic heterocycles. The molecular weight excluding hydrogens is 282 g/mol. The third kappa shape index (κ3) is 3.62. The average molecular weight is 306 g/mol. The predicted molar refractivity (Wildman–Crippen MR) is 77.9 cm³/mol. The molecule has 1 N–H and O–H groups in total. The molecule has 0 bridgehead atoms. The van der Waals surface area contributed by atoms with Crippen LogP contribution in [0.5, 0.6) is 0 Å². The lowest BCUT2D eigenvalue weighted by Gasteiger charge is -2.38. The highest BCUT2D eigenvalue weighted by Gasteiger charge is 2.40. The fraction of sp³-hybridized carbons (Fsp3) is 0.846. The highest BCUT2D eigenvalue weighted by atomic mass is 35.5. The van der Waals surface area contributed by atoms with Crippen molar-refractivity contribution in [2.75, 3.05) is 53.0 Å². The maximum atomic E-state index is 12.5. The lowest BCUT2D eigenvalue weighted by molar-refractivity contribution is -0.146. The van der Waals surface area contributed by atoms with E-state index in [9.17, 15) is 9.59 Å². The zero-order valence-corrected chi connectivity index (χ0v) is 13.0. The number of ether oxygens (including phenoxy) is 1. The van der Waals surface area contributed by atoms with E-state index in [-0.39, 0.29) is 36.2 Å². The van der Waals surface area contributed by atoms with E-state index in [1.54, 1.807) is 4.90 Å². The highest BCUT2D eigenvalue weighted by molar-refractivity contribution is 5.85. The molecule has 2 aliphatic rings. The van der Waals surface area contributed by atoms with Crippen LogP contribution in [0.2, 0.25) is 0 Å². The lowest BCUT2D eigenvalue weighted by atomic mass is 9.88. The molecule has 2 saturated heterocycles. The Morgan fingerprint density at radius 2 is 1.80 bits per heavy atom. The summed E-state index contributed by atoms with van der Waals surface area (Å²) in [5, 5.41) is 3.25. The van der Waals surface area contributed by atoms with Crippen LogP contribution in [0.1, 0.15) is 13.3 Å². The highest BCUT2D eigenvalue weighted by Crippen LogP contribution is 2.27. The molecule has 20 heavy (non-hydrogen) atoms. The van der Waals surface area contributed by atoms with Crippen LogP contribution >= 0.6 is 12.4 Å². The summed E-state index contributed by atoms with van der Waals surface area (Å²) in [5.74, 6) is 0.222. The van der Waals surface area contributed by atoms with Gasteiger partial charge in [-0.05, 0) is 19.9 Å². The van der Waals surface area contributed by atoms with Gasteiger partial charge in [-0.25, -0.2) is 0 Å². The average Bonchev–Trinajstić information content (AvgIpc) is 2.86. The van der Waals surface area contributed by atoms with Crippen LogP contribution in [0.3, 0.4) is 0 Å². The first-order valence-corrected chi connectivity index (χ1v) is 6.84. The first-order valence-electron chi connectivity index (χ1n) is 6.84. The maximum absolute atomic E-state index is 12.5. The van der Waals surface area contributed by atoms with Crippen LogP contribution in [-0.2, 0) is 14.3 Å². The summed E-state index contributed by atoms with van der Waals surface area (Å²) in [6.45, 7) is 6.29. The minimum Gasteiger partial charge on any atom is -0.375 e. The molecule has 1 atom stereocenters. The smallest absolute Gasteiger partial charge is 0.248 e. The predicted octanol–water partition coefficient (Wildman–Crippen LogP) is -0.275. The number of nitrogens with zero attached hydrogens (tertiary/aromatic N) is 2. The fourth-order valence-corrected chi connectivity index (χ4v) is 2.75. The quantitative estimate of drug-likeness (QED) is 0.779. The van der Waals surface area contributed by atoms with E-state index in [4.69, 9.17) is 4.74 Å². The van der Waals surface area contributed by atoms with Gasteiger partial charge in [0.05, 0.1) is 5.41 Å². The van der Waals surface area contributed by atoms with Crippen LogP contribution < -0.4 is 5.32 Å². The molecule has 116 valence electrons. The standard InChI is InChI=1S/C13H23N3O3.ClH/c1-13(3-4-14-10-13)12(18)16-7-5-15(6-8-16)11(17)9-19-2;/h14H,3-10H2,1-2H3;1H. The van der Waals surface area contributed by atoms with Crippen LogP contribution in [0.4, 0.5) is 0 Å². The van der Waals surface area contributed by atoms with Crippen LogP contribution in [-0.4, -0.2) is 74.6 Å². The van der Waals surface area contributed by atoms with Gasteiger partial charge in [0.25, 0.3) is 0 Å². The number of piperazine rings is 1. The Labute approximate surface area is 126 Å². The normalized spacial score (nSPS) is 26.3. The Balaban J connectivity index is 0.00000200. The van der Waals surface area contributed by atoms with Gasteiger partial charge in [0.2, 0.25) is 11.8 Å². The third-order valence-electron chi connectivity index (χ3n) is 4.07. The Kier molecular flexibility index (Phi) is 6.23. The number of halogens is 1. The van der Waals surface area contributed by atoms with Gasteiger partial charge in [0.15, 0.2) is 0 Å². The molecule has 7 heteroatoms. The minimum absolute atomic E-state index is 0. The lowest BCUT2D eigenvalue weighted by Crippen LogP contribution is -2.54. The van der Waals surface area contributed by atoms with Crippen LogP contribution in [0, 0.1) is 5.41 Å². The molecular formula is C13H24ClN3O3. The summed E-state index contributed by atoms with van der Waals surface area (Å²) < 4.78 is 4.85. The zero-order chi connectivity index (χ0) is 13.9. The topological polar surface area (TPSA) is 61.9 Å². The van der Waals surface area contributed by atoms with Crippen molar-refractivity contribution in [3.63, 3.8) is 0 Å². The van der Waals surface area contributed by atoms with Gasteiger partial charge < -0.3 is 19.9 Å². The molecule has 0 aromatic heterocycles. The van der Waals surface area contributed by atoms with Crippen molar-refractivity contribution in [1.82, 2.24) is 15.1 Å². The molecule has 0 aromatic rings. The number of rotatable bonds is 3. The van der Waals surface area contributed by atoms with Crippen molar-refractivity contribution >= 4 is 24.2 Å². The Morgan fingerprint density at radius 1 is 1.20 bits per heavy atom. The number of carbonyl (C=O) groups excluding carboxylic acids is 2. The SMILES string of the molecule is COCC(=O)N1CCN(C(=O)C2(C)CCNC2)CC1.Cl. The summed E-state index contributed by atoms with van der Waals surface area (Å²) in [4.78, 5) is 27.8. The van der Waals surface area contributed by atoms with Crippen molar-refractivity contribution in [2.45, 2.75) is 13.3 Å². The van der Waals surface area contributed by atoms with Crippen molar-refractivity contribution in [1.29, 1.82) is 0 Å². The van der Waals surface area contributed by atoms with E-state index in [2.05, 4.69) is 5.32 Å². The molecule has 0 aromatic carbocycles. The number of hydrogen-bond acceptors (Lipinski definition) is 4. The van der Waals surface area contributed by atoms with Gasteiger partial charge in [0.1, 0.15) is 6.61 Å². The monoisotopic (exact) mass is 305 g/mol. The summed E-state index contributed by atoms with van der Waals surface area (Å²) in [6.07, 6.45) is 0.897. The first-order chi connectivity index (χ1) is 9.07. The van der Waals surface area contributed by atoms with Crippen molar-refractivity contribution in [3.05, 3.63) is 0 Å². The van der Waals surface area contributed by atoms with Gasteiger partial charge in [-0.1, -0.05) is 0 Å². The molecule has 0 saturated carbocycles. The van der Waals surface area contributed by atoms with Gasteiger partial charge in [0, 0.05) is 39.8 Å². The number of nitrogens with one attached hydrogen (secondary N) is 1. The largest absolute Gasteiger partial charge is 0.375 e. The van der Waals surface area contributed by atoms with E-state index in [1.165, 1.54) is 7.11 Å². The molecule has 2 heterocycles. The van der Waals surface area contributed by atoms with Crippen LogP contribution in [0.25, 0.3) is 0 Å².